The van der Waals surface area contributed by atoms with E-state index < -0.39 is 8.32 Å². The predicted molar refractivity (Wildman–Crippen MR) is 81.1 cm³/mol. The number of aryl methyl sites for hydroxylation is 1. The molecule has 110 valence electrons. The molecule has 0 bridgehead atoms. The fraction of sp³-hybridized carbons (Fsp3) is 0.786. The number of nitrogens with zero attached hydrogens (tertiary/aromatic N) is 2. The average Bonchev–Trinajstić information content (AvgIpc) is 2.67. The van der Waals surface area contributed by atoms with Gasteiger partial charge in [-0.3, -0.25) is 4.68 Å². The van der Waals surface area contributed by atoms with Gasteiger partial charge in [0.25, 0.3) is 0 Å². The van der Waals surface area contributed by atoms with Crippen LogP contribution in [0.5, 0.6) is 5.75 Å². The van der Waals surface area contributed by atoms with Crippen molar-refractivity contribution >= 4 is 8.32 Å². The molecule has 19 heavy (non-hydrogen) atoms. The Balaban J connectivity index is 2.12. The second-order valence-corrected chi connectivity index (χ2v) is 11.3. The summed E-state index contributed by atoms with van der Waals surface area (Å²) in [6.07, 6.45) is 5.69. The summed E-state index contributed by atoms with van der Waals surface area (Å²) >= 11 is 0. The number of ether oxygens (including phenoxy) is 1. The molecule has 0 aliphatic carbocycles. The molecule has 0 radical (unpaired) electrons. The number of hydrogen-bond acceptors (Lipinski definition) is 3. The maximum Gasteiger partial charge on any atom is 0.191 e. The fourth-order valence-corrected chi connectivity index (χ4v) is 2.50. The fourth-order valence-electron chi connectivity index (χ4n) is 1.41. The second-order valence-electron chi connectivity index (χ2n) is 6.51. The van der Waals surface area contributed by atoms with Crippen LogP contribution in [0.2, 0.25) is 18.1 Å². The van der Waals surface area contributed by atoms with Crippen molar-refractivity contribution < 1.29 is 9.16 Å². The van der Waals surface area contributed by atoms with Gasteiger partial charge in [0.1, 0.15) is 0 Å². The van der Waals surface area contributed by atoms with Gasteiger partial charge in [0.05, 0.1) is 19.0 Å². The van der Waals surface area contributed by atoms with Gasteiger partial charge in [-0.2, -0.15) is 5.10 Å². The Morgan fingerprint density at radius 2 is 1.84 bits per heavy atom. The van der Waals surface area contributed by atoms with Crippen LogP contribution in [-0.4, -0.2) is 31.3 Å². The summed E-state index contributed by atoms with van der Waals surface area (Å²) in [5, 5.41) is 4.35. The first-order valence-corrected chi connectivity index (χ1v) is 9.88. The molecule has 0 aliphatic heterocycles. The Kier molecular flexibility index (Phi) is 5.61. The Hall–Kier alpha value is -0.813. The summed E-state index contributed by atoms with van der Waals surface area (Å²) in [5.74, 6) is 0.841. The molecule has 1 heterocycles. The molecular weight excluding hydrogens is 256 g/mol. The van der Waals surface area contributed by atoms with E-state index in [2.05, 4.69) is 39.0 Å². The lowest BCUT2D eigenvalue weighted by molar-refractivity contribution is 0.252. The lowest BCUT2D eigenvalue weighted by Crippen LogP contribution is -2.41. The van der Waals surface area contributed by atoms with Gasteiger partial charge in [0, 0.05) is 13.7 Å². The minimum atomic E-state index is -1.58. The van der Waals surface area contributed by atoms with Gasteiger partial charge < -0.3 is 9.16 Å². The van der Waals surface area contributed by atoms with E-state index in [1.165, 1.54) is 0 Å². The van der Waals surface area contributed by atoms with Gasteiger partial charge >= 0.3 is 0 Å². The van der Waals surface area contributed by atoms with Crippen molar-refractivity contribution in [2.75, 3.05) is 13.2 Å². The highest BCUT2D eigenvalue weighted by Gasteiger charge is 2.36. The van der Waals surface area contributed by atoms with E-state index in [9.17, 15) is 0 Å². The van der Waals surface area contributed by atoms with Crippen LogP contribution < -0.4 is 4.74 Å². The zero-order chi connectivity index (χ0) is 14.5. The molecule has 0 saturated heterocycles. The third kappa shape index (κ3) is 5.36. The molecule has 0 atom stereocenters. The Labute approximate surface area is 118 Å². The first-order chi connectivity index (χ1) is 8.72. The summed E-state index contributed by atoms with van der Waals surface area (Å²) in [6, 6.07) is 0. The van der Waals surface area contributed by atoms with Crippen molar-refractivity contribution in [3.8, 4) is 5.75 Å². The minimum absolute atomic E-state index is 0.291. The van der Waals surface area contributed by atoms with Crippen LogP contribution in [0.1, 0.15) is 33.6 Å². The van der Waals surface area contributed by atoms with Crippen molar-refractivity contribution in [2.45, 2.75) is 51.7 Å². The smallest absolute Gasteiger partial charge is 0.191 e. The quantitative estimate of drug-likeness (QED) is 0.567. The summed E-state index contributed by atoms with van der Waals surface area (Å²) < 4.78 is 13.5. The van der Waals surface area contributed by atoms with E-state index in [0.29, 0.717) is 5.04 Å². The van der Waals surface area contributed by atoms with Crippen LogP contribution in [0, 0.1) is 0 Å². The standard InChI is InChI=1S/C14H28N2O2Si/c1-14(2,3)19(5,6)18-10-8-7-9-17-13-11-15-16(4)12-13/h11-12H,7-10H2,1-6H3. The average molecular weight is 284 g/mol. The van der Waals surface area contributed by atoms with E-state index in [-0.39, 0.29) is 0 Å². The lowest BCUT2D eigenvalue weighted by atomic mass is 10.2. The Morgan fingerprint density at radius 1 is 1.21 bits per heavy atom. The zero-order valence-corrected chi connectivity index (χ0v) is 14.2. The Bertz CT molecular complexity index is 383. The SMILES string of the molecule is Cn1cc(OCCCCO[Si](C)(C)C(C)(C)C)cn1. The summed E-state index contributed by atoms with van der Waals surface area (Å²) in [4.78, 5) is 0. The molecule has 0 aliphatic rings. The molecule has 0 saturated carbocycles. The highest BCUT2D eigenvalue weighted by Crippen LogP contribution is 2.36. The van der Waals surface area contributed by atoms with E-state index in [1.807, 2.05) is 13.2 Å². The van der Waals surface area contributed by atoms with Crippen LogP contribution in [0.25, 0.3) is 0 Å². The van der Waals surface area contributed by atoms with Crippen molar-refractivity contribution in [3.63, 3.8) is 0 Å². The zero-order valence-electron chi connectivity index (χ0n) is 13.2. The van der Waals surface area contributed by atoms with E-state index in [1.54, 1.807) is 10.9 Å². The molecule has 0 aromatic carbocycles. The topological polar surface area (TPSA) is 36.3 Å². The molecule has 0 spiro atoms. The summed E-state index contributed by atoms with van der Waals surface area (Å²) in [7, 11) is 0.309. The second kappa shape index (κ2) is 6.57. The summed E-state index contributed by atoms with van der Waals surface area (Å²) in [5.41, 5.74) is 0. The largest absolute Gasteiger partial charge is 0.490 e. The number of hydrogen-bond donors (Lipinski definition) is 0. The molecule has 0 N–H and O–H groups in total. The third-order valence-corrected chi connectivity index (χ3v) is 8.30. The summed E-state index contributed by atoms with van der Waals surface area (Å²) in [6.45, 7) is 13.0. The molecule has 0 unspecified atom stereocenters. The first-order valence-electron chi connectivity index (χ1n) is 6.98. The van der Waals surface area contributed by atoms with Crippen LogP contribution in [-0.2, 0) is 11.5 Å². The molecule has 4 nitrogen and oxygen atoms in total. The van der Waals surface area contributed by atoms with Crippen molar-refractivity contribution in [2.24, 2.45) is 7.05 Å². The number of unbranched alkanes of at least 4 members (excludes halogenated alkanes) is 1. The van der Waals surface area contributed by atoms with E-state index >= 15 is 0 Å². The van der Waals surface area contributed by atoms with Gasteiger partial charge in [-0.1, -0.05) is 20.8 Å². The van der Waals surface area contributed by atoms with Gasteiger partial charge in [-0.15, -0.1) is 0 Å². The molecule has 0 amide bonds. The van der Waals surface area contributed by atoms with Crippen LogP contribution in [0.4, 0.5) is 0 Å². The monoisotopic (exact) mass is 284 g/mol. The molecule has 1 rings (SSSR count). The molecular formula is C14H28N2O2Si. The maximum absolute atomic E-state index is 6.12. The van der Waals surface area contributed by atoms with E-state index in [4.69, 9.17) is 9.16 Å². The number of aromatic nitrogens is 2. The molecule has 1 aromatic heterocycles. The molecule has 0 fully saturated rings. The van der Waals surface area contributed by atoms with Crippen LogP contribution >= 0.6 is 0 Å². The number of rotatable bonds is 7. The van der Waals surface area contributed by atoms with Crippen LogP contribution in [0.15, 0.2) is 12.4 Å². The highest BCUT2D eigenvalue weighted by atomic mass is 28.4. The van der Waals surface area contributed by atoms with Gasteiger partial charge in [-0.05, 0) is 31.0 Å². The lowest BCUT2D eigenvalue weighted by Gasteiger charge is -2.36. The highest BCUT2D eigenvalue weighted by molar-refractivity contribution is 6.74. The van der Waals surface area contributed by atoms with Crippen molar-refractivity contribution in [3.05, 3.63) is 12.4 Å². The third-order valence-electron chi connectivity index (χ3n) is 3.76. The van der Waals surface area contributed by atoms with Gasteiger partial charge in [-0.25, -0.2) is 0 Å². The first kappa shape index (κ1) is 16.2. The normalized spacial score (nSPS) is 12.7. The van der Waals surface area contributed by atoms with Crippen molar-refractivity contribution in [1.82, 2.24) is 9.78 Å². The van der Waals surface area contributed by atoms with Gasteiger partial charge in [0.15, 0.2) is 14.1 Å². The van der Waals surface area contributed by atoms with Crippen molar-refractivity contribution in [1.29, 1.82) is 0 Å². The maximum atomic E-state index is 6.12. The predicted octanol–water partition coefficient (Wildman–Crippen LogP) is 3.60. The minimum Gasteiger partial charge on any atom is -0.490 e. The van der Waals surface area contributed by atoms with E-state index in [0.717, 1.165) is 31.8 Å². The molecule has 1 aromatic rings. The van der Waals surface area contributed by atoms with Gasteiger partial charge in [0.2, 0.25) is 0 Å². The molecule has 5 heteroatoms. The Morgan fingerprint density at radius 3 is 2.37 bits per heavy atom. The van der Waals surface area contributed by atoms with Crippen LogP contribution in [0.3, 0.4) is 0 Å².